The highest BCUT2D eigenvalue weighted by Crippen LogP contribution is 2.45. The average Bonchev–Trinajstić information content (AvgIpc) is 3.41. The summed E-state index contributed by atoms with van der Waals surface area (Å²) >= 11 is 7.59. The molecule has 32 heavy (non-hydrogen) atoms. The van der Waals surface area contributed by atoms with Crippen LogP contribution in [0.3, 0.4) is 0 Å². The second-order valence-corrected chi connectivity index (χ2v) is 8.59. The number of aryl methyl sites for hydroxylation is 1. The first kappa shape index (κ1) is 21.9. The van der Waals surface area contributed by atoms with Crippen molar-refractivity contribution in [2.24, 2.45) is 0 Å². The third-order valence-electron chi connectivity index (χ3n) is 5.30. The standard InChI is InChI=1S/C24H20ClNO5S/c1-13-6-8-14(9-7-13)26-21(19-5-4-10-32-19)20(23(28)24(26)29)22(27)15-11-18(31-3)16(25)12-17(15)30-2/h4-12,21,27H,1-3H3/b22-20+. The van der Waals surface area contributed by atoms with Gasteiger partial charge in [-0.15, -0.1) is 11.3 Å². The Hall–Kier alpha value is -3.29. The summed E-state index contributed by atoms with van der Waals surface area (Å²) in [6.07, 6.45) is 0. The van der Waals surface area contributed by atoms with Crippen LogP contribution in [0.5, 0.6) is 11.5 Å². The molecule has 1 aliphatic rings. The number of carbonyl (C=O) groups excluding carboxylic acids is 2. The highest BCUT2D eigenvalue weighted by Gasteiger charge is 2.47. The molecule has 0 aliphatic carbocycles. The second kappa shape index (κ2) is 8.68. The monoisotopic (exact) mass is 469 g/mol. The van der Waals surface area contributed by atoms with E-state index in [1.54, 1.807) is 12.1 Å². The SMILES string of the molecule is COc1cc(/C(O)=C2\C(=O)C(=O)N(c3ccc(C)cc3)C2c2cccs2)c(OC)cc1Cl. The number of rotatable bonds is 5. The Bertz CT molecular complexity index is 1220. The van der Waals surface area contributed by atoms with Crippen LogP contribution in [0.2, 0.25) is 5.02 Å². The minimum absolute atomic E-state index is 0.0271. The Morgan fingerprint density at radius 3 is 2.34 bits per heavy atom. The summed E-state index contributed by atoms with van der Waals surface area (Å²) in [7, 11) is 2.87. The summed E-state index contributed by atoms with van der Waals surface area (Å²) in [5.41, 5.74) is 1.77. The zero-order chi connectivity index (χ0) is 23.0. The van der Waals surface area contributed by atoms with E-state index < -0.39 is 17.7 Å². The fourth-order valence-corrected chi connectivity index (χ4v) is 4.77. The van der Waals surface area contributed by atoms with Gasteiger partial charge in [-0.25, -0.2) is 0 Å². The highest BCUT2D eigenvalue weighted by molar-refractivity contribution is 7.10. The van der Waals surface area contributed by atoms with Crippen molar-refractivity contribution in [3.63, 3.8) is 0 Å². The number of methoxy groups -OCH3 is 2. The van der Waals surface area contributed by atoms with E-state index >= 15 is 0 Å². The maximum atomic E-state index is 13.2. The number of amides is 1. The van der Waals surface area contributed by atoms with E-state index in [1.165, 1.54) is 42.6 Å². The predicted octanol–water partition coefficient (Wildman–Crippen LogP) is 5.35. The minimum atomic E-state index is -0.788. The highest BCUT2D eigenvalue weighted by atomic mass is 35.5. The van der Waals surface area contributed by atoms with Crippen LogP contribution in [-0.2, 0) is 9.59 Å². The average molecular weight is 470 g/mol. The number of ketones is 1. The van der Waals surface area contributed by atoms with E-state index in [-0.39, 0.29) is 27.7 Å². The molecular formula is C24H20ClNO5S. The summed E-state index contributed by atoms with van der Waals surface area (Å²) in [6, 6.07) is 13.2. The fraction of sp³-hybridized carbons (Fsp3) is 0.167. The maximum absolute atomic E-state index is 13.2. The number of benzene rings is 2. The molecule has 0 bridgehead atoms. The van der Waals surface area contributed by atoms with Crippen molar-refractivity contribution >= 4 is 46.1 Å². The molecule has 0 radical (unpaired) electrons. The van der Waals surface area contributed by atoms with Gasteiger partial charge in [-0.05, 0) is 36.6 Å². The molecule has 1 aromatic heterocycles. The van der Waals surface area contributed by atoms with Gasteiger partial charge in [0.15, 0.2) is 0 Å². The van der Waals surface area contributed by atoms with Crippen LogP contribution < -0.4 is 14.4 Å². The molecule has 2 heterocycles. The lowest BCUT2D eigenvalue weighted by Crippen LogP contribution is -2.29. The van der Waals surface area contributed by atoms with Crippen molar-refractivity contribution in [1.29, 1.82) is 0 Å². The van der Waals surface area contributed by atoms with E-state index in [0.29, 0.717) is 11.4 Å². The summed E-state index contributed by atoms with van der Waals surface area (Å²) in [4.78, 5) is 28.5. The van der Waals surface area contributed by atoms with Crippen LogP contribution in [0, 0.1) is 6.92 Å². The Balaban J connectivity index is 1.96. The van der Waals surface area contributed by atoms with Gasteiger partial charge >= 0.3 is 0 Å². The number of halogens is 1. The van der Waals surface area contributed by atoms with Crippen LogP contribution in [0.25, 0.3) is 5.76 Å². The van der Waals surface area contributed by atoms with E-state index in [4.69, 9.17) is 21.1 Å². The molecule has 6 nitrogen and oxygen atoms in total. The largest absolute Gasteiger partial charge is 0.507 e. The van der Waals surface area contributed by atoms with Crippen LogP contribution in [0.15, 0.2) is 59.5 Å². The molecule has 1 amide bonds. The number of aliphatic hydroxyl groups is 1. The molecule has 0 spiro atoms. The number of hydrogen-bond acceptors (Lipinski definition) is 6. The quantitative estimate of drug-likeness (QED) is 0.309. The van der Waals surface area contributed by atoms with Crippen LogP contribution >= 0.6 is 22.9 Å². The minimum Gasteiger partial charge on any atom is -0.507 e. The van der Waals surface area contributed by atoms with Gasteiger partial charge in [0, 0.05) is 16.6 Å². The molecule has 1 N–H and O–H groups in total. The van der Waals surface area contributed by atoms with Crippen molar-refractivity contribution < 1.29 is 24.2 Å². The van der Waals surface area contributed by atoms with Gasteiger partial charge in [0.2, 0.25) is 0 Å². The number of anilines is 1. The van der Waals surface area contributed by atoms with Gasteiger partial charge < -0.3 is 14.6 Å². The zero-order valence-electron chi connectivity index (χ0n) is 17.6. The summed E-state index contributed by atoms with van der Waals surface area (Å²) < 4.78 is 10.6. The molecule has 0 saturated carbocycles. The van der Waals surface area contributed by atoms with Gasteiger partial charge in [-0.3, -0.25) is 14.5 Å². The van der Waals surface area contributed by atoms with Crippen LogP contribution in [-0.4, -0.2) is 31.0 Å². The molecule has 2 aromatic carbocycles. The molecule has 1 atom stereocenters. The fourth-order valence-electron chi connectivity index (χ4n) is 3.71. The lowest BCUT2D eigenvalue weighted by molar-refractivity contribution is -0.132. The van der Waals surface area contributed by atoms with Crippen molar-refractivity contribution in [3.05, 3.63) is 80.5 Å². The first-order valence-corrected chi connectivity index (χ1v) is 11.0. The Labute approximate surface area is 194 Å². The first-order chi connectivity index (χ1) is 15.4. The molecular weight excluding hydrogens is 450 g/mol. The first-order valence-electron chi connectivity index (χ1n) is 9.70. The van der Waals surface area contributed by atoms with Gasteiger partial charge in [-0.1, -0.05) is 35.4 Å². The van der Waals surface area contributed by atoms with Crippen molar-refractivity contribution in [2.75, 3.05) is 19.1 Å². The zero-order valence-corrected chi connectivity index (χ0v) is 19.2. The topological polar surface area (TPSA) is 76.1 Å². The van der Waals surface area contributed by atoms with E-state index in [0.717, 1.165) is 10.4 Å². The Kier molecular flexibility index (Phi) is 5.95. The molecule has 4 rings (SSSR count). The van der Waals surface area contributed by atoms with E-state index in [2.05, 4.69) is 0 Å². The number of nitrogens with zero attached hydrogens (tertiary/aromatic N) is 1. The van der Waals surface area contributed by atoms with Crippen molar-refractivity contribution in [1.82, 2.24) is 0 Å². The molecule has 1 saturated heterocycles. The third kappa shape index (κ3) is 3.63. The van der Waals surface area contributed by atoms with Crippen LogP contribution in [0.4, 0.5) is 5.69 Å². The normalized spacial score (nSPS) is 17.6. The maximum Gasteiger partial charge on any atom is 0.300 e. The number of ether oxygens (including phenoxy) is 2. The summed E-state index contributed by atoms with van der Waals surface area (Å²) in [5, 5.41) is 13.5. The van der Waals surface area contributed by atoms with Gasteiger partial charge in [0.25, 0.3) is 11.7 Å². The van der Waals surface area contributed by atoms with Gasteiger partial charge in [-0.2, -0.15) is 0 Å². The van der Waals surface area contributed by atoms with E-state index in [1.807, 2.05) is 36.6 Å². The lowest BCUT2D eigenvalue weighted by Gasteiger charge is -2.24. The molecule has 164 valence electrons. The number of carbonyl (C=O) groups is 2. The lowest BCUT2D eigenvalue weighted by atomic mass is 9.99. The van der Waals surface area contributed by atoms with Crippen molar-refractivity contribution in [2.45, 2.75) is 13.0 Å². The molecule has 3 aromatic rings. The third-order valence-corrected chi connectivity index (χ3v) is 6.52. The molecule has 1 fully saturated rings. The molecule has 1 aliphatic heterocycles. The predicted molar refractivity (Wildman–Crippen MR) is 125 cm³/mol. The number of aliphatic hydroxyl groups excluding tert-OH is 1. The second-order valence-electron chi connectivity index (χ2n) is 7.21. The summed E-state index contributed by atoms with van der Waals surface area (Å²) in [6.45, 7) is 1.94. The molecule has 1 unspecified atom stereocenters. The molecule has 8 heteroatoms. The van der Waals surface area contributed by atoms with E-state index in [9.17, 15) is 14.7 Å². The summed E-state index contributed by atoms with van der Waals surface area (Å²) in [5.74, 6) is -1.30. The van der Waals surface area contributed by atoms with Crippen molar-refractivity contribution in [3.8, 4) is 11.5 Å². The smallest absolute Gasteiger partial charge is 0.300 e. The number of Topliss-reactive ketones (excluding diaryl/α,β-unsaturated/α-hetero) is 1. The number of thiophene rings is 1. The Morgan fingerprint density at radius 1 is 1.06 bits per heavy atom. The van der Waals surface area contributed by atoms with Crippen LogP contribution in [0.1, 0.15) is 22.0 Å². The van der Waals surface area contributed by atoms with Gasteiger partial charge in [0.05, 0.1) is 30.4 Å². The number of hydrogen-bond donors (Lipinski definition) is 1. The van der Waals surface area contributed by atoms with Gasteiger partial charge in [0.1, 0.15) is 23.3 Å². The Morgan fingerprint density at radius 2 is 1.75 bits per heavy atom.